The highest BCUT2D eigenvalue weighted by molar-refractivity contribution is 5.66. The fourth-order valence-electron chi connectivity index (χ4n) is 7.69. The fraction of sp³-hybridized carbons (Fsp3) is 0.870. The molecule has 0 aromatic carbocycles. The Morgan fingerprint density at radius 1 is 1.20 bits per heavy atom. The molecule has 0 radical (unpaired) electrons. The lowest BCUT2D eigenvalue weighted by Gasteiger charge is -2.67. The first-order valence-electron chi connectivity index (χ1n) is 11.2. The van der Waals surface area contributed by atoms with Gasteiger partial charge in [-0.1, -0.05) is 25.5 Å². The van der Waals surface area contributed by atoms with Crippen molar-refractivity contribution in [1.29, 1.82) is 0 Å². The highest BCUT2D eigenvalue weighted by atomic mass is 16.5. The number of ether oxygens (including phenoxy) is 1. The highest BCUT2D eigenvalue weighted by Gasteiger charge is 2.80. The van der Waals surface area contributed by atoms with Crippen molar-refractivity contribution in [1.82, 2.24) is 0 Å². The lowest BCUT2D eigenvalue weighted by atomic mass is 9.42. The van der Waals surface area contributed by atoms with Crippen LogP contribution in [0.15, 0.2) is 11.6 Å². The first-order chi connectivity index (χ1) is 13.8. The van der Waals surface area contributed by atoms with E-state index in [2.05, 4.69) is 6.92 Å². The molecule has 0 aromatic heterocycles. The maximum atomic E-state index is 12.0. The predicted molar refractivity (Wildman–Crippen MR) is 108 cm³/mol. The van der Waals surface area contributed by atoms with Crippen LogP contribution < -0.4 is 0 Å². The molecule has 0 bridgehead atoms. The molecule has 30 heavy (non-hydrogen) atoms. The van der Waals surface area contributed by atoms with Crippen molar-refractivity contribution in [2.75, 3.05) is 0 Å². The van der Waals surface area contributed by atoms with Gasteiger partial charge in [0.2, 0.25) is 0 Å². The third-order valence-corrected chi connectivity index (χ3v) is 9.66. The summed E-state index contributed by atoms with van der Waals surface area (Å²) < 4.78 is 5.42. The van der Waals surface area contributed by atoms with Crippen LogP contribution in [0.4, 0.5) is 0 Å². The molecule has 3 fully saturated rings. The molecule has 4 rings (SSSR count). The van der Waals surface area contributed by atoms with E-state index in [1.807, 2.05) is 6.08 Å². The summed E-state index contributed by atoms with van der Waals surface area (Å²) in [5, 5.41) is 57.0. The smallest absolute Gasteiger partial charge is 0.302 e. The molecule has 0 saturated heterocycles. The second-order valence-electron chi connectivity index (χ2n) is 10.7. The molecule has 5 N–H and O–H groups in total. The predicted octanol–water partition coefficient (Wildman–Crippen LogP) is 1.19. The number of esters is 1. The van der Waals surface area contributed by atoms with Gasteiger partial charge in [-0.05, 0) is 50.9 Å². The van der Waals surface area contributed by atoms with E-state index in [-0.39, 0.29) is 37.8 Å². The summed E-state index contributed by atoms with van der Waals surface area (Å²) in [6, 6.07) is 0. The molecule has 0 amide bonds. The maximum absolute atomic E-state index is 12.0. The Kier molecular flexibility index (Phi) is 4.82. The molecule has 3 saturated carbocycles. The Morgan fingerprint density at radius 3 is 2.47 bits per heavy atom. The van der Waals surface area contributed by atoms with Gasteiger partial charge in [-0.15, -0.1) is 0 Å². The van der Waals surface area contributed by atoms with Gasteiger partial charge in [0, 0.05) is 19.3 Å². The average Bonchev–Trinajstić information content (AvgIpc) is 2.89. The van der Waals surface area contributed by atoms with Gasteiger partial charge in [0.1, 0.15) is 22.9 Å². The standard InChI is InChI=1S/C23H36O7/c1-13(24)21(27)9-10-23(29)20(21,4)18(26)12-17-19(3)7-6-16(30-14(2)25)11-15(19)5-8-22(17,23)28/h5,13,16-18,24,26-29H,6-12H2,1-4H3. The quantitative estimate of drug-likeness (QED) is 0.333. The summed E-state index contributed by atoms with van der Waals surface area (Å²) in [6.07, 6.45) is 2.06. The fourth-order valence-corrected chi connectivity index (χ4v) is 7.69. The molecule has 0 aromatic rings. The van der Waals surface area contributed by atoms with E-state index in [0.29, 0.717) is 19.3 Å². The van der Waals surface area contributed by atoms with E-state index >= 15 is 0 Å². The summed E-state index contributed by atoms with van der Waals surface area (Å²) in [6.45, 7) is 6.53. The van der Waals surface area contributed by atoms with E-state index in [4.69, 9.17) is 4.74 Å². The van der Waals surface area contributed by atoms with Gasteiger partial charge in [0.25, 0.3) is 0 Å². The summed E-state index contributed by atoms with van der Waals surface area (Å²) >= 11 is 0. The van der Waals surface area contributed by atoms with Crippen molar-refractivity contribution in [2.24, 2.45) is 16.7 Å². The third kappa shape index (κ3) is 2.41. The van der Waals surface area contributed by atoms with Gasteiger partial charge < -0.3 is 30.3 Å². The molecule has 9 unspecified atom stereocenters. The van der Waals surface area contributed by atoms with Crippen molar-refractivity contribution in [3.63, 3.8) is 0 Å². The molecule has 170 valence electrons. The summed E-state index contributed by atoms with van der Waals surface area (Å²) in [5.41, 5.74) is -5.79. The summed E-state index contributed by atoms with van der Waals surface area (Å²) in [5.74, 6) is -0.717. The molecular weight excluding hydrogens is 388 g/mol. The van der Waals surface area contributed by atoms with Crippen LogP contribution in [0.5, 0.6) is 0 Å². The zero-order valence-electron chi connectivity index (χ0n) is 18.4. The number of fused-ring (bicyclic) bond motifs is 5. The van der Waals surface area contributed by atoms with Crippen LogP contribution >= 0.6 is 0 Å². The number of aliphatic hydroxyl groups excluding tert-OH is 2. The zero-order chi connectivity index (χ0) is 22.3. The average molecular weight is 425 g/mol. The first kappa shape index (κ1) is 22.2. The largest absolute Gasteiger partial charge is 0.462 e. The van der Waals surface area contributed by atoms with Crippen LogP contribution in [-0.4, -0.2) is 66.6 Å². The lowest BCUT2D eigenvalue weighted by Crippen LogP contribution is -2.78. The van der Waals surface area contributed by atoms with Crippen molar-refractivity contribution < 1.29 is 35.1 Å². The normalized spacial score (nSPS) is 53.8. The van der Waals surface area contributed by atoms with E-state index in [0.717, 1.165) is 5.57 Å². The molecule has 0 aliphatic heterocycles. The molecule has 7 heteroatoms. The number of carbonyl (C=O) groups is 1. The van der Waals surface area contributed by atoms with Crippen molar-refractivity contribution in [3.8, 4) is 0 Å². The van der Waals surface area contributed by atoms with Crippen LogP contribution in [0.3, 0.4) is 0 Å². The van der Waals surface area contributed by atoms with Crippen molar-refractivity contribution in [3.05, 3.63) is 11.6 Å². The summed E-state index contributed by atoms with van der Waals surface area (Å²) in [7, 11) is 0. The van der Waals surface area contributed by atoms with Gasteiger partial charge in [-0.2, -0.15) is 0 Å². The number of hydrogen-bond donors (Lipinski definition) is 5. The van der Waals surface area contributed by atoms with E-state index in [1.165, 1.54) is 13.8 Å². The van der Waals surface area contributed by atoms with Crippen LogP contribution in [-0.2, 0) is 9.53 Å². The van der Waals surface area contributed by atoms with Crippen LogP contribution in [0.2, 0.25) is 0 Å². The molecule has 9 atom stereocenters. The molecule has 7 nitrogen and oxygen atoms in total. The summed E-state index contributed by atoms with van der Waals surface area (Å²) in [4.78, 5) is 11.4. The molecule has 4 aliphatic carbocycles. The topological polar surface area (TPSA) is 127 Å². The van der Waals surface area contributed by atoms with Crippen molar-refractivity contribution in [2.45, 2.75) is 108 Å². The van der Waals surface area contributed by atoms with E-state index < -0.39 is 45.8 Å². The Labute approximate surface area is 177 Å². The number of rotatable bonds is 2. The Hall–Kier alpha value is -0.990. The number of carbonyl (C=O) groups excluding carboxylic acids is 1. The van der Waals surface area contributed by atoms with Gasteiger partial charge in [-0.25, -0.2) is 0 Å². The monoisotopic (exact) mass is 424 g/mol. The molecule has 0 heterocycles. The van der Waals surface area contributed by atoms with Crippen LogP contribution in [0, 0.1) is 16.7 Å². The van der Waals surface area contributed by atoms with E-state index in [9.17, 15) is 30.3 Å². The maximum Gasteiger partial charge on any atom is 0.302 e. The van der Waals surface area contributed by atoms with Gasteiger partial charge in [-0.3, -0.25) is 4.79 Å². The van der Waals surface area contributed by atoms with Gasteiger partial charge in [0.05, 0.1) is 17.6 Å². The zero-order valence-corrected chi connectivity index (χ0v) is 18.4. The highest BCUT2D eigenvalue weighted by Crippen LogP contribution is 2.70. The van der Waals surface area contributed by atoms with Crippen molar-refractivity contribution >= 4 is 5.97 Å². The Morgan fingerprint density at radius 2 is 1.87 bits per heavy atom. The van der Waals surface area contributed by atoms with Gasteiger partial charge in [0.15, 0.2) is 0 Å². The number of hydrogen-bond acceptors (Lipinski definition) is 7. The lowest BCUT2D eigenvalue weighted by molar-refractivity contribution is -0.325. The molecule has 4 aliphatic rings. The minimum Gasteiger partial charge on any atom is -0.462 e. The van der Waals surface area contributed by atoms with Gasteiger partial charge >= 0.3 is 5.97 Å². The Bertz CT molecular complexity index is 780. The van der Waals surface area contributed by atoms with Crippen LogP contribution in [0.25, 0.3) is 0 Å². The molecular formula is C23H36O7. The second kappa shape index (κ2) is 6.51. The minimum atomic E-state index is -1.74. The third-order valence-electron chi connectivity index (χ3n) is 9.66. The van der Waals surface area contributed by atoms with Crippen LogP contribution in [0.1, 0.15) is 72.6 Å². The van der Waals surface area contributed by atoms with E-state index in [1.54, 1.807) is 6.92 Å². The minimum absolute atomic E-state index is 0.101. The first-order valence-corrected chi connectivity index (χ1v) is 11.2. The second-order valence-corrected chi connectivity index (χ2v) is 10.7. The molecule has 0 spiro atoms. The number of aliphatic hydroxyl groups is 5. The Balaban J connectivity index is 1.77. The SMILES string of the molecule is CC(=O)OC1CCC2(C)C(=CCC3(O)C2CC(O)C2(C)C(O)(C(C)O)CCC32O)C1.